The summed E-state index contributed by atoms with van der Waals surface area (Å²) >= 11 is 0. The zero-order chi connectivity index (χ0) is 14.5. The van der Waals surface area contributed by atoms with E-state index in [9.17, 15) is 4.79 Å². The summed E-state index contributed by atoms with van der Waals surface area (Å²) in [6, 6.07) is 14.3. The second-order valence-electron chi connectivity index (χ2n) is 4.77. The lowest BCUT2D eigenvalue weighted by atomic mass is 10.1. The number of hydrogen-bond acceptors (Lipinski definition) is 3. The number of carbonyl (C=O) groups is 1. The summed E-state index contributed by atoms with van der Waals surface area (Å²) in [5.74, 6) is -0.116. The van der Waals surface area contributed by atoms with E-state index in [-0.39, 0.29) is 11.9 Å². The Morgan fingerprint density at radius 3 is 2.40 bits per heavy atom. The van der Waals surface area contributed by atoms with Gasteiger partial charge >= 0.3 is 0 Å². The predicted octanol–water partition coefficient (Wildman–Crippen LogP) is 2.30. The maximum atomic E-state index is 12.4. The molecule has 0 saturated carbocycles. The molecule has 0 aliphatic heterocycles. The van der Waals surface area contributed by atoms with Crippen molar-refractivity contribution in [3.05, 3.63) is 66.0 Å². The number of benzene rings is 1. The van der Waals surface area contributed by atoms with Gasteiger partial charge in [-0.05, 0) is 24.6 Å². The minimum absolute atomic E-state index is 0.113. The van der Waals surface area contributed by atoms with Crippen LogP contribution in [0.1, 0.15) is 30.3 Å². The van der Waals surface area contributed by atoms with Gasteiger partial charge in [0.1, 0.15) is 6.04 Å². The van der Waals surface area contributed by atoms with Crippen LogP contribution in [0.25, 0.3) is 0 Å². The predicted molar refractivity (Wildman–Crippen MR) is 78.8 cm³/mol. The first kappa shape index (κ1) is 14.2. The molecule has 1 aromatic heterocycles. The van der Waals surface area contributed by atoms with E-state index in [0.29, 0.717) is 0 Å². The molecule has 2 N–H and O–H groups in total. The topological polar surface area (TPSA) is 59.2 Å². The molecule has 0 radical (unpaired) electrons. The van der Waals surface area contributed by atoms with Crippen molar-refractivity contribution < 1.29 is 4.79 Å². The quantitative estimate of drug-likeness (QED) is 0.926. The van der Waals surface area contributed by atoms with E-state index in [2.05, 4.69) is 4.98 Å². The van der Waals surface area contributed by atoms with Gasteiger partial charge in [0.2, 0.25) is 5.91 Å². The second-order valence-corrected chi connectivity index (χ2v) is 4.77. The first-order chi connectivity index (χ1) is 9.61. The van der Waals surface area contributed by atoms with Crippen LogP contribution in [-0.4, -0.2) is 22.8 Å². The largest absolute Gasteiger partial charge is 0.336 e. The van der Waals surface area contributed by atoms with Gasteiger partial charge < -0.3 is 10.6 Å². The maximum Gasteiger partial charge on any atom is 0.244 e. The van der Waals surface area contributed by atoms with E-state index in [4.69, 9.17) is 5.73 Å². The summed E-state index contributed by atoms with van der Waals surface area (Å²) in [4.78, 5) is 18.3. The molecule has 4 heteroatoms. The van der Waals surface area contributed by atoms with Crippen molar-refractivity contribution in [3.8, 4) is 0 Å². The highest BCUT2D eigenvalue weighted by Crippen LogP contribution is 2.20. The van der Waals surface area contributed by atoms with Gasteiger partial charge in [-0.1, -0.05) is 36.4 Å². The van der Waals surface area contributed by atoms with E-state index in [1.54, 1.807) is 18.1 Å². The molecular formula is C16H19N3O. The highest BCUT2D eigenvalue weighted by Gasteiger charge is 2.24. The minimum Gasteiger partial charge on any atom is -0.336 e. The average molecular weight is 269 g/mol. The van der Waals surface area contributed by atoms with Crippen molar-refractivity contribution in [1.82, 2.24) is 9.88 Å². The van der Waals surface area contributed by atoms with Gasteiger partial charge in [-0.25, -0.2) is 0 Å². The Balaban J connectivity index is 2.13. The molecule has 2 rings (SSSR count). The Kier molecular flexibility index (Phi) is 4.48. The van der Waals surface area contributed by atoms with Gasteiger partial charge in [-0.15, -0.1) is 0 Å². The standard InChI is InChI=1S/C16H19N3O/c1-12(14-10-6-7-11-18-14)19(2)16(20)15(17)13-8-4-3-5-9-13/h3-12,15H,17H2,1-2H3. The van der Waals surface area contributed by atoms with E-state index in [1.807, 2.05) is 55.5 Å². The third-order valence-corrected chi connectivity index (χ3v) is 3.47. The molecule has 20 heavy (non-hydrogen) atoms. The number of nitrogens with zero attached hydrogens (tertiary/aromatic N) is 2. The molecule has 1 aromatic carbocycles. The molecule has 0 spiro atoms. The molecular weight excluding hydrogens is 250 g/mol. The van der Waals surface area contributed by atoms with Crippen LogP contribution in [0.15, 0.2) is 54.7 Å². The molecule has 0 aliphatic rings. The normalized spacial score (nSPS) is 13.6. The van der Waals surface area contributed by atoms with Crippen LogP contribution in [0.2, 0.25) is 0 Å². The number of aromatic nitrogens is 1. The molecule has 0 aliphatic carbocycles. The molecule has 0 bridgehead atoms. The number of nitrogens with two attached hydrogens (primary N) is 1. The van der Waals surface area contributed by atoms with Gasteiger partial charge in [-0.3, -0.25) is 9.78 Å². The Morgan fingerprint density at radius 2 is 1.80 bits per heavy atom. The van der Waals surface area contributed by atoms with E-state index < -0.39 is 6.04 Å². The van der Waals surface area contributed by atoms with Crippen LogP contribution < -0.4 is 5.73 Å². The zero-order valence-electron chi connectivity index (χ0n) is 11.7. The smallest absolute Gasteiger partial charge is 0.244 e. The fourth-order valence-corrected chi connectivity index (χ4v) is 2.03. The monoisotopic (exact) mass is 269 g/mol. The summed E-state index contributed by atoms with van der Waals surface area (Å²) in [5.41, 5.74) is 7.71. The van der Waals surface area contributed by atoms with Crippen molar-refractivity contribution in [2.75, 3.05) is 7.05 Å². The lowest BCUT2D eigenvalue weighted by Crippen LogP contribution is -2.37. The van der Waals surface area contributed by atoms with Crippen LogP contribution in [0.5, 0.6) is 0 Å². The van der Waals surface area contributed by atoms with Crippen molar-refractivity contribution in [1.29, 1.82) is 0 Å². The fraction of sp³-hybridized carbons (Fsp3) is 0.250. The van der Waals surface area contributed by atoms with Crippen LogP contribution in [-0.2, 0) is 4.79 Å². The fourth-order valence-electron chi connectivity index (χ4n) is 2.03. The van der Waals surface area contributed by atoms with Crippen LogP contribution in [0, 0.1) is 0 Å². The lowest BCUT2D eigenvalue weighted by Gasteiger charge is -2.27. The van der Waals surface area contributed by atoms with Crippen molar-refractivity contribution >= 4 is 5.91 Å². The van der Waals surface area contributed by atoms with E-state index in [0.717, 1.165) is 11.3 Å². The number of likely N-dealkylation sites (N-methyl/N-ethyl adjacent to an activating group) is 1. The zero-order valence-corrected chi connectivity index (χ0v) is 11.7. The van der Waals surface area contributed by atoms with Crippen molar-refractivity contribution in [2.45, 2.75) is 19.0 Å². The van der Waals surface area contributed by atoms with Gasteiger partial charge in [0.15, 0.2) is 0 Å². The first-order valence-electron chi connectivity index (χ1n) is 6.59. The molecule has 0 fully saturated rings. The minimum atomic E-state index is -0.646. The summed E-state index contributed by atoms with van der Waals surface area (Å²) in [5, 5.41) is 0. The second kappa shape index (κ2) is 6.30. The van der Waals surface area contributed by atoms with Gasteiger partial charge in [0.25, 0.3) is 0 Å². The van der Waals surface area contributed by atoms with Gasteiger partial charge in [-0.2, -0.15) is 0 Å². The summed E-state index contributed by atoms with van der Waals surface area (Å²) in [6.07, 6.45) is 1.72. The van der Waals surface area contributed by atoms with Crippen molar-refractivity contribution in [2.24, 2.45) is 5.73 Å². The number of hydrogen-bond donors (Lipinski definition) is 1. The Hall–Kier alpha value is -2.20. The number of pyridine rings is 1. The molecule has 1 amide bonds. The third kappa shape index (κ3) is 3.03. The highest BCUT2D eigenvalue weighted by molar-refractivity contribution is 5.83. The molecule has 2 atom stereocenters. The SMILES string of the molecule is CC(c1ccccn1)N(C)C(=O)C(N)c1ccccc1. The molecule has 0 saturated heterocycles. The van der Waals surface area contributed by atoms with Crippen LogP contribution in [0.3, 0.4) is 0 Å². The number of amides is 1. The van der Waals surface area contributed by atoms with E-state index in [1.165, 1.54) is 0 Å². The van der Waals surface area contributed by atoms with Crippen LogP contribution >= 0.6 is 0 Å². The molecule has 104 valence electrons. The Labute approximate surface area is 119 Å². The summed E-state index contributed by atoms with van der Waals surface area (Å²) in [6.45, 7) is 1.94. The molecule has 4 nitrogen and oxygen atoms in total. The van der Waals surface area contributed by atoms with Gasteiger partial charge in [0.05, 0.1) is 11.7 Å². The average Bonchev–Trinajstić information content (AvgIpc) is 2.53. The number of carbonyl (C=O) groups excluding carboxylic acids is 1. The molecule has 1 heterocycles. The first-order valence-corrected chi connectivity index (χ1v) is 6.59. The molecule has 2 unspecified atom stereocenters. The number of rotatable bonds is 4. The Morgan fingerprint density at radius 1 is 1.15 bits per heavy atom. The summed E-state index contributed by atoms with van der Waals surface area (Å²) < 4.78 is 0. The molecule has 2 aromatic rings. The summed E-state index contributed by atoms with van der Waals surface area (Å²) in [7, 11) is 1.75. The third-order valence-electron chi connectivity index (χ3n) is 3.47. The highest BCUT2D eigenvalue weighted by atomic mass is 16.2. The maximum absolute atomic E-state index is 12.4. The Bertz CT molecular complexity index is 556. The lowest BCUT2D eigenvalue weighted by molar-refractivity contribution is -0.133. The van der Waals surface area contributed by atoms with Crippen molar-refractivity contribution in [3.63, 3.8) is 0 Å². The van der Waals surface area contributed by atoms with Crippen LogP contribution in [0.4, 0.5) is 0 Å². The van der Waals surface area contributed by atoms with E-state index >= 15 is 0 Å². The van der Waals surface area contributed by atoms with Gasteiger partial charge in [0, 0.05) is 13.2 Å².